The van der Waals surface area contributed by atoms with Crippen molar-refractivity contribution in [3.8, 4) is 6.07 Å². The summed E-state index contributed by atoms with van der Waals surface area (Å²) in [6.07, 6.45) is 2.79. The van der Waals surface area contributed by atoms with E-state index < -0.39 is 33.4 Å². The van der Waals surface area contributed by atoms with Crippen molar-refractivity contribution in [3.05, 3.63) is 29.8 Å². The number of benzene rings is 1. The molecule has 0 spiro atoms. The highest BCUT2D eigenvalue weighted by Gasteiger charge is 2.41. The first-order valence-corrected chi connectivity index (χ1v) is 11.1. The van der Waals surface area contributed by atoms with E-state index >= 15 is 0 Å². The van der Waals surface area contributed by atoms with E-state index in [0.29, 0.717) is 12.8 Å². The number of likely N-dealkylation sites (N-methyl/N-ethyl adjacent to an activating group) is 1. The van der Waals surface area contributed by atoms with Gasteiger partial charge >= 0.3 is 5.97 Å². The average Bonchev–Trinajstić information content (AvgIpc) is 2.72. The summed E-state index contributed by atoms with van der Waals surface area (Å²) in [5.74, 6) is -1.51. The smallest absolute Gasteiger partial charge is 0.340 e. The lowest BCUT2D eigenvalue weighted by molar-refractivity contribution is -0.143. The van der Waals surface area contributed by atoms with Crippen molar-refractivity contribution >= 4 is 21.7 Å². The lowest BCUT2D eigenvalue weighted by atomic mass is 9.81. The standard InChI is InChI=1S/C20H26N2O5S/c1-4-28(25,26)17-11-7-6-10-16(17)19(24)27-15(2)18(23)22(3)20(14-21)12-8-5-9-13-20/h6-7,10-11,15H,4-5,8-9,12-13H2,1-3H3/t15-/m1/s1. The van der Waals surface area contributed by atoms with Gasteiger partial charge in [-0.15, -0.1) is 0 Å². The molecular formula is C20H26N2O5S. The lowest BCUT2D eigenvalue weighted by Crippen LogP contribution is -2.53. The number of esters is 1. The molecule has 2 rings (SSSR count). The summed E-state index contributed by atoms with van der Waals surface area (Å²) in [6.45, 7) is 2.92. The molecule has 0 N–H and O–H groups in total. The number of carbonyl (C=O) groups is 2. The monoisotopic (exact) mass is 406 g/mol. The van der Waals surface area contributed by atoms with Crippen LogP contribution in [0.25, 0.3) is 0 Å². The third kappa shape index (κ3) is 4.36. The molecular weight excluding hydrogens is 380 g/mol. The molecule has 0 aromatic heterocycles. The van der Waals surface area contributed by atoms with Crippen molar-refractivity contribution in [2.75, 3.05) is 12.8 Å². The van der Waals surface area contributed by atoms with Crippen molar-refractivity contribution < 1.29 is 22.7 Å². The lowest BCUT2D eigenvalue weighted by Gasteiger charge is -2.39. The Morgan fingerprint density at radius 1 is 1.25 bits per heavy atom. The quantitative estimate of drug-likeness (QED) is 0.673. The second-order valence-electron chi connectivity index (χ2n) is 7.05. The summed E-state index contributed by atoms with van der Waals surface area (Å²) in [4.78, 5) is 26.6. The number of hydrogen-bond donors (Lipinski definition) is 0. The second kappa shape index (κ2) is 8.74. The number of sulfone groups is 1. The van der Waals surface area contributed by atoms with E-state index in [0.717, 1.165) is 19.3 Å². The van der Waals surface area contributed by atoms with Gasteiger partial charge in [0.1, 0.15) is 5.54 Å². The predicted octanol–water partition coefficient (Wildman–Crippen LogP) is 2.71. The molecule has 1 fully saturated rings. The van der Waals surface area contributed by atoms with E-state index in [1.54, 1.807) is 7.05 Å². The highest BCUT2D eigenvalue weighted by molar-refractivity contribution is 7.91. The maximum Gasteiger partial charge on any atom is 0.340 e. The summed E-state index contributed by atoms with van der Waals surface area (Å²) < 4.78 is 29.7. The fourth-order valence-corrected chi connectivity index (χ4v) is 4.56. The predicted molar refractivity (Wildman–Crippen MR) is 103 cm³/mol. The van der Waals surface area contributed by atoms with Gasteiger partial charge < -0.3 is 9.64 Å². The van der Waals surface area contributed by atoms with Gasteiger partial charge in [0.25, 0.3) is 5.91 Å². The number of amides is 1. The minimum absolute atomic E-state index is 0.0979. The van der Waals surface area contributed by atoms with E-state index in [9.17, 15) is 23.3 Å². The maximum atomic E-state index is 12.8. The Balaban J connectivity index is 2.19. The van der Waals surface area contributed by atoms with Gasteiger partial charge in [0.2, 0.25) is 0 Å². The van der Waals surface area contributed by atoms with Gasteiger partial charge in [-0.1, -0.05) is 38.3 Å². The number of ether oxygens (including phenoxy) is 1. The first-order valence-electron chi connectivity index (χ1n) is 9.40. The molecule has 28 heavy (non-hydrogen) atoms. The molecule has 1 saturated carbocycles. The molecule has 0 radical (unpaired) electrons. The highest BCUT2D eigenvalue weighted by Crippen LogP contribution is 2.33. The molecule has 1 aromatic carbocycles. The first-order chi connectivity index (χ1) is 13.2. The van der Waals surface area contributed by atoms with E-state index in [1.165, 1.54) is 43.0 Å². The largest absolute Gasteiger partial charge is 0.449 e. The third-order valence-corrected chi connectivity index (χ3v) is 7.10. The molecule has 0 saturated heterocycles. The molecule has 8 heteroatoms. The number of rotatable bonds is 6. The van der Waals surface area contributed by atoms with E-state index in [2.05, 4.69) is 6.07 Å². The zero-order valence-electron chi connectivity index (χ0n) is 16.5. The summed E-state index contributed by atoms with van der Waals surface area (Å²) in [6, 6.07) is 8.04. The van der Waals surface area contributed by atoms with Gasteiger partial charge in [-0.2, -0.15) is 5.26 Å². The minimum Gasteiger partial charge on any atom is -0.449 e. The van der Waals surface area contributed by atoms with Crippen LogP contribution in [0.3, 0.4) is 0 Å². The van der Waals surface area contributed by atoms with E-state index in [-0.39, 0.29) is 16.2 Å². The Labute approximate surface area is 166 Å². The van der Waals surface area contributed by atoms with Crippen molar-refractivity contribution in [2.45, 2.75) is 62.5 Å². The molecule has 0 bridgehead atoms. The van der Waals surface area contributed by atoms with Crippen LogP contribution in [0.2, 0.25) is 0 Å². The first kappa shape index (κ1) is 21.9. The SMILES string of the molecule is CCS(=O)(=O)c1ccccc1C(=O)O[C@H](C)C(=O)N(C)C1(C#N)CCCCC1. The van der Waals surface area contributed by atoms with Gasteiger partial charge in [0, 0.05) is 7.05 Å². The molecule has 152 valence electrons. The Kier molecular flexibility index (Phi) is 6.83. The van der Waals surface area contributed by atoms with Crippen LogP contribution in [-0.2, 0) is 19.4 Å². The Morgan fingerprint density at radius 3 is 2.43 bits per heavy atom. The van der Waals surface area contributed by atoms with Crippen molar-refractivity contribution in [1.29, 1.82) is 5.26 Å². The van der Waals surface area contributed by atoms with Crippen LogP contribution in [0, 0.1) is 11.3 Å². The topological polar surface area (TPSA) is 105 Å². The zero-order valence-corrected chi connectivity index (χ0v) is 17.3. The van der Waals surface area contributed by atoms with Gasteiger partial charge in [-0.3, -0.25) is 4.79 Å². The Bertz CT molecular complexity index is 882. The van der Waals surface area contributed by atoms with Crippen LogP contribution in [0.1, 0.15) is 56.3 Å². The van der Waals surface area contributed by atoms with Crippen molar-refractivity contribution in [2.24, 2.45) is 0 Å². The normalized spacial score (nSPS) is 17.2. The molecule has 1 aliphatic rings. The van der Waals surface area contributed by atoms with Gasteiger partial charge in [-0.05, 0) is 31.9 Å². The molecule has 0 aliphatic heterocycles. The zero-order chi connectivity index (χ0) is 20.9. The summed E-state index contributed by atoms with van der Waals surface area (Å²) in [5, 5.41) is 9.64. The average molecular weight is 407 g/mol. The number of carbonyl (C=O) groups excluding carboxylic acids is 2. The molecule has 7 nitrogen and oxygen atoms in total. The summed E-state index contributed by atoms with van der Waals surface area (Å²) >= 11 is 0. The molecule has 1 amide bonds. The second-order valence-corrected chi connectivity index (χ2v) is 9.30. The van der Waals surface area contributed by atoms with Crippen molar-refractivity contribution in [3.63, 3.8) is 0 Å². The highest BCUT2D eigenvalue weighted by atomic mass is 32.2. The van der Waals surface area contributed by atoms with E-state index in [1.807, 2.05) is 0 Å². The van der Waals surface area contributed by atoms with Crippen LogP contribution < -0.4 is 0 Å². The van der Waals surface area contributed by atoms with Crippen LogP contribution >= 0.6 is 0 Å². The molecule has 1 atom stereocenters. The Hall–Kier alpha value is -2.40. The molecule has 0 heterocycles. The van der Waals surface area contributed by atoms with Gasteiger partial charge in [-0.25, -0.2) is 13.2 Å². The summed E-state index contributed by atoms with van der Waals surface area (Å²) in [7, 11) is -2.06. The number of nitrogens with zero attached hydrogens (tertiary/aromatic N) is 2. The van der Waals surface area contributed by atoms with Crippen LogP contribution in [0.4, 0.5) is 0 Å². The summed E-state index contributed by atoms with van der Waals surface area (Å²) in [5.41, 5.74) is -0.987. The van der Waals surface area contributed by atoms with Crippen LogP contribution in [0.5, 0.6) is 0 Å². The van der Waals surface area contributed by atoms with E-state index in [4.69, 9.17) is 4.74 Å². The Morgan fingerprint density at radius 2 is 1.86 bits per heavy atom. The maximum absolute atomic E-state index is 12.8. The van der Waals surface area contributed by atoms with Gasteiger partial charge in [0.15, 0.2) is 15.9 Å². The fourth-order valence-electron chi connectivity index (χ4n) is 3.48. The number of hydrogen-bond acceptors (Lipinski definition) is 6. The van der Waals surface area contributed by atoms with Crippen LogP contribution in [-0.4, -0.2) is 49.6 Å². The van der Waals surface area contributed by atoms with Crippen molar-refractivity contribution in [1.82, 2.24) is 4.90 Å². The molecule has 0 unspecified atom stereocenters. The van der Waals surface area contributed by atoms with Crippen LogP contribution in [0.15, 0.2) is 29.2 Å². The minimum atomic E-state index is -3.62. The number of nitriles is 1. The fraction of sp³-hybridized carbons (Fsp3) is 0.550. The third-order valence-electron chi connectivity index (χ3n) is 5.32. The van der Waals surface area contributed by atoms with Gasteiger partial charge in [0.05, 0.1) is 22.3 Å². The molecule has 1 aromatic rings. The molecule has 1 aliphatic carbocycles.